The zero-order valence-electron chi connectivity index (χ0n) is 11.1. The van der Waals surface area contributed by atoms with Gasteiger partial charge in [0.15, 0.2) is 5.75 Å². The van der Waals surface area contributed by atoms with Gasteiger partial charge in [0.05, 0.1) is 5.69 Å². The van der Waals surface area contributed by atoms with Crippen LogP contribution >= 0.6 is 15.9 Å². The minimum atomic E-state index is -4.71. The van der Waals surface area contributed by atoms with Crippen LogP contribution in [0.2, 0.25) is 0 Å². The van der Waals surface area contributed by atoms with Gasteiger partial charge >= 0.3 is 6.36 Å². The zero-order valence-corrected chi connectivity index (χ0v) is 12.7. The van der Waals surface area contributed by atoms with E-state index in [1.807, 2.05) is 31.2 Å². The van der Waals surface area contributed by atoms with Crippen molar-refractivity contribution in [2.24, 2.45) is 0 Å². The van der Waals surface area contributed by atoms with Crippen LogP contribution in [0.5, 0.6) is 5.75 Å². The van der Waals surface area contributed by atoms with Crippen LogP contribution in [-0.2, 0) is 0 Å². The Morgan fingerprint density at radius 3 is 2.48 bits per heavy atom. The molecule has 2 rings (SSSR count). The summed E-state index contributed by atoms with van der Waals surface area (Å²) in [5.74, 6) is -0.244. The fourth-order valence-electron chi connectivity index (χ4n) is 1.89. The molecular weight excluding hydrogens is 347 g/mol. The number of hydrogen-bond acceptors (Lipinski definition) is 2. The molecule has 0 aliphatic carbocycles. The summed E-state index contributed by atoms with van der Waals surface area (Å²) in [5, 5.41) is 3.03. The van der Waals surface area contributed by atoms with Crippen molar-refractivity contribution in [3.05, 3.63) is 58.6 Å². The van der Waals surface area contributed by atoms with Crippen molar-refractivity contribution in [2.45, 2.75) is 19.3 Å². The van der Waals surface area contributed by atoms with Crippen molar-refractivity contribution >= 4 is 21.6 Å². The first-order chi connectivity index (χ1) is 9.85. The van der Waals surface area contributed by atoms with E-state index >= 15 is 0 Å². The highest BCUT2D eigenvalue weighted by molar-refractivity contribution is 9.10. The van der Waals surface area contributed by atoms with E-state index in [2.05, 4.69) is 26.0 Å². The van der Waals surface area contributed by atoms with Crippen molar-refractivity contribution in [3.8, 4) is 5.75 Å². The van der Waals surface area contributed by atoms with Gasteiger partial charge in [-0.25, -0.2) is 0 Å². The lowest BCUT2D eigenvalue weighted by Gasteiger charge is -2.19. The Morgan fingerprint density at radius 2 is 1.81 bits per heavy atom. The Morgan fingerprint density at radius 1 is 1.10 bits per heavy atom. The maximum Gasteiger partial charge on any atom is 0.573 e. The largest absolute Gasteiger partial charge is 0.573 e. The van der Waals surface area contributed by atoms with Crippen LogP contribution in [0, 0.1) is 0 Å². The molecule has 21 heavy (non-hydrogen) atoms. The summed E-state index contributed by atoms with van der Waals surface area (Å²) < 4.78 is 42.1. The van der Waals surface area contributed by atoms with Gasteiger partial charge in [-0.2, -0.15) is 0 Å². The van der Waals surface area contributed by atoms with E-state index in [-0.39, 0.29) is 11.8 Å². The lowest BCUT2D eigenvalue weighted by molar-refractivity contribution is -0.274. The first-order valence-corrected chi connectivity index (χ1v) is 7.01. The maximum absolute atomic E-state index is 12.4. The summed E-state index contributed by atoms with van der Waals surface area (Å²) in [4.78, 5) is 0. The molecule has 0 saturated carbocycles. The predicted octanol–water partition coefficient (Wildman–Crippen LogP) is 5.52. The number of anilines is 1. The molecule has 1 N–H and O–H groups in total. The smallest absolute Gasteiger partial charge is 0.404 e. The molecule has 2 aromatic carbocycles. The third-order valence-electron chi connectivity index (χ3n) is 2.83. The molecule has 2 nitrogen and oxygen atoms in total. The van der Waals surface area contributed by atoms with Gasteiger partial charge < -0.3 is 10.1 Å². The van der Waals surface area contributed by atoms with Gasteiger partial charge in [-0.15, -0.1) is 13.2 Å². The number of para-hydroxylation sites is 2. The molecule has 0 amide bonds. The summed E-state index contributed by atoms with van der Waals surface area (Å²) in [5.41, 5.74) is 1.24. The second-order valence-electron chi connectivity index (χ2n) is 4.46. The Labute approximate surface area is 129 Å². The van der Waals surface area contributed by atoms with Crippen molar-refractivity contribution in [1.29, 1.82) is 0 Å². The van der Waals surface area contributed by atoms with Crippen LogP contribution in [0.1, 0.15) is 18.5 Å². The molecule has 2 aromatic rings. The second-order valence-corrected chi connectivity index (χ2v) is 5.38. The maximum atomic E-state index is 12.4. The minimum Gasteiger partial charge on any atom is -0.404 e. The Kier molecular flexibility index (Phi) is 4.77. The first kappa shape index (κ1) is 15.7. The topological polar surface area (TPSA) is 21.3 Å². The first-order valence-electron chi connectivity index (χ1n) is 6.22. The summed E-state index contributed by atoms with van der Waals surface area (Å²) in [6.07, 6.45) is -4.71. The van der Waals surface area contributed by atoms with Gasteiger partial charge in [-0.05, 0) is 36.8 Å². The van der Waals surface area contributed by atoms with E-state index < -0.39 is 6.36 Å². The number of benzene rings is 2. The van der Waals surface area contributed by atoms with Gasteiger partial charge in [0.25, 0.3) is 0 Å². The lowest BCUT2D eigenvalue weighted by Crippen LogP contribution is -2.18. The highest BCUT2D eigenvalue weighted by Crippen LogP contribution is 2.32. The van der Waals surface area contributed by atoms with E-state index in [0.29, 0.717) is 5.69 Å². The molecule has 0 fully saturated rings. The summed E-state index contributed by atoms with van der Waals surface area (Å²) >= 11 is 3.37. The van der Waals surface area contributed by atoms with Crippen molar-refractivity contribution < 1.29 is 17.9 Å². The van der Waals surface area contributed by atoms with E-state index in [4.69, 9.17) is 0 Å². The molecule has 0 bridgehead atoms. The van der Waals surface area contributed by atoms with Crippen LogP contribution in [0.4, 0.5) is 18.9 Å². The minimum absolute atomic E-state index is 0.166. The molecule has 6 heteroatoms. The Balaban J connectivity index is 2.19. The predicted molar refractivity (Wildman–Crippen MR) is 79.3 cm³/mol. The van der Waals surface area contributed by atoms with Gasteiger partial charge in [0, 0.05) is 10.5 Å². The SMILES string of the molecule is CC(Nc1ccccc1OC(F)(F)F)c1cccc(Br)c1. The molecule has 0 heterocycles. The summed E-state index contributed by atoms with van der Waals surface area (Å²) in [7, 11) is 0. The number of rotatable bonds is 4. The quantitative estimate of drug-likeness (QED) is 0.775. The Bertz CT molecular complexity index is 616. The number of halogens is 4. The third-order valence-corrected chi connectivity index (χ3v) is 3.33. The van der Waals surface area contributed by atoms with E-state index in [1.54, 1.807) is 12.1 Å². The summed E-state index contributed by atoms with van der Waals surface area (Å²) in [6, 6.07) is 13.4. The normalized spacial score (nSPS) is 12.8. The van der Waals surface area contributed by atoms with Crippen LogP contribution in [0.15, 0.2) is 53.0 Å². The summed E-state index contributed by atoms with van der Waals surface area (Å²) in [6.45, 7) is 1.87. The fraction of sp³-hybridized carbons (Fsp3) is 0.200. The number of nitrogens with one attached hydrogen (secondary N) is 1. The molecule has 0 aliphatic heterocycles. The van der Waals surface area contributed by atoms with E-state index in [1.165, 1.54) is 12.1 Å². The third kappa shape index (κ3) is 4.67. The van der Waals surface area contributed by atoms with Crippen LogP contribution in [0.3, 0.4) is 0 Å². The van der Waals surface area contributed by atoms with Gasteiger partial charge in [0.2, 0.25) is 0 Å². The average molecular weight is 360 g/mol. The molecule has 0 aromatic heterocycles. The van der Waals surface area contributed by atoms with Crippen LogP contribution in [-0.4, -0.2) is 6.36 Å². The molecule has 1 unspecified atom stereocenters. The van der Waals surface area contributed by atoms with E-state index in [0.717, 1.165) is 10.0 Å². The molecule has 0 spiro atoms. The van der Waals surface area contributed by atoms with Crippen LogP contribution in [0.25, 0.3) is 0 Å². The number of alkyl halides is 3. The van der Waals surface area contributed by atoms with Gasteiger partial charge in [-0.3, -0.25) is 0 Å². The molecule has 1 atom stereocenters. The van der Waals surface area contributed by atoms with Gasteiger partial charge in [-0.1, -0.05) is 40.2 Å². The average Bonchev–Trinajstić information content (AvgIpc) is 2.39. The van der Waals surface area contributed by atoms with E-state index in [9.17, 15) is 13.2 Å². The molecule has 112 valence electrons. The zero-order chi connectivity index (χ0) is 15.5. The van der Waals surface area contributed by atoms with Crippen molar-refractivity contribution in [1.82, 2.24) is 0 Å². The number of ether oxygens (including phenoxy) is 1. The Hall–Kier alpha value is -1.69. The van der Waals surface area contributed by atoms with Crippen molar-refractivity contribution in [2.75, 3.05) is 5.32 Å². The fourth-order valence-corrected chi connectivity index (χ4v) is 2.31. The number of hydrogen-bond donors (Lipinski definition) is 1. The van der Waals surface area contributed by atoms with Crippen LogP contribution < -0.4 is 10.1 Å². The standard InChI is InChI=1S/C15H13BrF3NO/c1-10(11-5-4-6-12(16)9-11)20-13-7-2-3-8-14(13)21-15(17,18)19/h2-10,20H,1H3. The monoisotopic (exact) mass is 359 g/mol. The lowest BCUT2D eigenvalue weighted by atomic mass is 10.1. The highest BCUT2D eigenvalue weighted by Gasteiger charge is 2.32. The molecule has 0 aliphatic rings. The van der Waals surface area contributed by atoms with Crippen molar-refractivity contribution in [3.63, 3.8) is 0 Å². The molecule has 0 saturated heterocycles. The van der Waals surface area contributed by atoms with Gasteiger partial charge in [0.1, 0.15) is 0 Å². The highest BCUT2D eigenvalue weighted by atomic mass is 79.9. The second kappa shape index (κ2) is 6.39. The molecular formula is C15H13BrF3NO. The molecule has 0 radical (unpaired) electrons.